The van der Waals surface area contributed by atoms with Crippen LogP contribution in [-0.2, 0) is 13.1 Å². The van der Waals surface area contributed by atoms with E-state index in [-0.39, 0.29) is 11.6 Å². The fourth-order valence-corrected chi connectivity index (χ4v) is 4.96. The Labute approximate surface area is 210 Å². The maximum Gasteiger partial charge on any atom is 0.269 e. The lowest BCUT2D eigenvalue weighted by molar-refractivity contribution is -0.384. The Kier molecular flexibility index (Phi) is 6.78. The van der Waals surface area contributed by atoms with Gasteiger partial charge in [-0.05, 0) is 89.3 Å². The summed E-state index contributed by atoms with van der Waals surface area (Å²) in [4.78, 5) is 27.9. The van der Waals surface area contributed by atoms with Crippen molar-refractivity contribution in [1.29, 1.82) is 0 Å². The van der Waals surface area contributed by atoms with E-state index in [1.165, 1.54) is 54.4 Å². The zero-order valence-electron chi connectivity index (χ0n) is 20.4. The highest BCUT2D eigenvalue weighted by Gasteiger charge is 2.15. The third-order valence-corrected chi connectivity index (χ3v) is 6.94. The normalized spacial score (nSPS) is 13.7. The number of fused-ring (bicyclic) bond motifs is 1. The zero-order valence-corrected chi connectivity index (χ0v) is 20.4. The molecule has 36 heavy (non-hydrogen) atoms. The summed E-state index contributed by atoms with van der Waals surface area (Å²) < 4.78 is 0. The van der Waals surface area contributed by atoms with Crippen molar-refractivity contribution in [2.75, 3.05) is 20.1 Å². The van der Waals surface area contributed by atoms with Crippen molar-refractivity contribution in [2.45, 2.75) is 25.9 Å². The van der Waals surface area contributed by atoms with Gasteiger partial charge < -0.3 is 4.90 Å². The van der Waals surface area contributed by atoms with Gasteiger partial charge in [0.25, 0.3) is 11.6 Å². The van der Waals surface area contributed by atoms with Crippen LogP contribution >= 0.6 is 0 Å². The SMILES string of the molecule is CN(Cc1cccc2cc(CN3CCCC3)ccc12)C(=O)c1ccc(-c2ccc([N+](=O)[O-])cc2)cc1. The molecule has 0 N–H and O–H groups in total. The van der Waals surface area contributed by atoms with Crippen LogP contribution in [-0.4, -0.2) is 40.8 Å². The first-order valence-electron chi connectivity index (χ1n) is 12.3. The first kappa shape index (κ1) is 23.7. The van der Waals surface area contributed by atoms with E-state index in [0.717, 1.165) is 23.2 Å². The van der Waals surface area contributed by atoms with Crippen LogP contribution in [0.4, 0.5) is 5.69 Å². The number of amides is 1. The summed E-state index contributed by atoms with van der Waals surface area (Å²) in [6.45, 7) is 3.87. The van der Waals surface area contributed by atoms with E-state index in [2.05, 4.69) is 41.3 Å². The van der Waals surface area contributed by atoms with Gasteiger partial charge in [0.05, 0.1) is 4.92 Å². The minimum atomic E-state index is -0.412. The van der Waals surface area contributed by atoms with Crippen LogP contribution in [0.2, 0.25) is 0 Å². The zero-order chi connectivity index (χ0) is 25.1. The summed E-state index contributed by atoms with van der Waals surface area (Å²) in [5, 5.41) is 13.3. The number of likely N-dealkylation sites (tertiary alicyclic amines) is 1. The summed E-state index contributed by atoms with van der Waals surface area (Å²) in [5.41, 5.74) is 4.90. The standard InChI is InChI=1S/C30H29N3O3/c1-31(30(34)25-10-8-23(9-11-25)24-12-14-28(15-13-24)33(35)36)21-27-6-4-5-26-19-22(7-16-29(26)27)20-32-17-2-3-18-32/h4-16,19H,2-3,17-18,20-21H2,1H3. The number of carbonyl (C=O) groups excluding carboxylic acids is 1. The number of hydrogen-bond acceptors (Lipinski definition) is 4. The van der Waals surface area contributed by atoms with Crippen molar-refractivity contribution in [3.05, 3.63) is 112 Å². The molecular formula is C30H29N3O3. The molecule has 0 spiro atoms. The molecule has 0 aliphatic carbocycles. The number of hydrogen-bond donors (Lipinski definition) is 0. The molecular weight excluding hydrogens is 450 g/mol. The van der Waals surface area contributed by atoms with Crippen LogP contribution in [0.25, 0.3) is 21.9 Å². The average Bonchev–Trinajstić information content (AvgIpc) is 3.41. The largest absolute Gasteiger partial charge is 0.337 e. The van der Waals surface area contributed by atoms with Gasteiger partial charge in [0.1, 0.15) is 0 Å². The second kappa shape index (κ2) is 10.3. The molecule has 1 aliphatic heterocycles. The number of benzene rings is 4. The molecule has 0 unspecified atom stereocenters. The monoisotopic (exact) mass is 479 g/mol. The number of rotatable bonds is 7. The lowest BCUT2D eigenvalue weighted by Gasteiger charge is -2.19. The molecule has 0 atom stereocenters. The van der Waals surface area contributed by atoms with Gasteiger partial charge in [-0.1, -0.05) is 42.5 Å². The van der Waals surface area contributed by atoms with Crippen LogP contribution < -0.4 is 0 Å². The molecule has 1 fully saturated rings. The van der Waals surface area contributed by atoms with E-state index in [1.807, 2.05) is 31.3 Å². The third-order valence-electron chi connectivity index (χ3n) is 6.94. The molecule has 182 valence electrons. The van der Waals surface area contributed by atoms with E-state index in [9.17, 15) is 14.9 Å². The highest BCUT2D eigenvalue weighted by Crippen LogP contribution is 2.25. The number of nitro groups is 1. The summed E-state index contributed by atoms with van der Waals surface area (Å²) in [6, 6.07) is 26.8. The van der Waals surface area contributed by atoms with Gasteiger partial charge in [-0.2, -0.15) is 0 Å². The fourth-order valence-electron chi connectivity index (χ4n) is 4.96. The molecule has 1 saturated heterocycles. The molecule has 0 aromatic heterocycles. The van der Waals surface area contributed by atoms with Gasteiger partial charge in [-0.15, -0.1) is 0 Å². The van der Waals surface area contributed by atoms with Crippen LogP contribution in [0.3, 0.4) is 0 Å². The first-order chi connectivity index (χ1) is 17.5. The summed E-state index contributed by atoms with van der Waals surface area (Å²) in [6.07, 6.45) is 2.58. The Morgan fingerprint density at radius 2 is 1.58 bits per heavy atom. The van der Waals surface area contributed by atoms with Crippen molar-refractivity contribution in [2.24, 2.45) is 0 Å². The van der Waals surface area contributed by atoms with Crippen molar-refractivity contribution in [3.63, 3.8) is 0 Å². The summed E-state index contributed by atoms with van der Waals surface area (Å²) >= 11 is 0. The second-order valence-electron chi connectivity index (χ2n) is 9.50. The lowest BCUT2D eigenvalue weighted by Crippen LogP contribution is -2.26. The number of nitrogens with zero attached hydrogens (tertiary/aromatic N) is 3. The van der Waals surface area contributed by atoms with Crippen molar-refractivity contribution in [1.82, 2.24) is 9.80 Å². The predicted molar refractivity (Wildman–Crippen MR) is 143 cm³/mol. The van der Waals surface area contributed by atoms with Gasteiger partial charge in [-0.3, -0.25) is 19.8 Å². The lowest BCUT2D eigenvalue weighted by atomic mass is 10.0. The number of nitro benzene ring substituents is 1. The van der Waals surface area contributed by atoms with E-state index in [4.69, 9.17) is 0 Å². The molecule has 1 heterocycles. The van der Waals surface area contributed by atoms with Gasteiger partial charge >= 0.3 is 0 Å². The smallest absolute Gasteiger partial charge is 0.269 e. The Morgan fingerprint density at radius 1 is 0.917 bits per heavy atom. The Morgan fingerprint density at radius 3 is 2.25 bits per heavy atom. The van der Waals surface area contributed by atoms with E-state index >= 15 is 0 Å². The average molecular weight is 480 g/mol. The predicted octanol–water partition coefficient (Wildman–Crippen LogP) is 6.28. The molecule has 1 amide bonds. The molecule has 1 aliphatic rings. The molecule has 6 heteroatoms. The third kappa shape index (κ3) is 5.14. The maximum atomic E-state index is 13.1. The highest BCUT2D eigenvalue weighted by molar-refractivity contribution is 5.95. The number of carbonyl (C=O) groups is 1. The van der Waals surface area contributed by atoms with Crippen LogP contribution in [0.1, 0.15) is 34.3 Å². The van der Waals surface area contributed by atoms with E-state index in [1.54, 1.807) is 17.0 Å². The van der Waals surface area contributed by atoms with E-state index < -0.39 is 4.92 Å². The Balaban J connectivity index is 1.28. The highest BCUT2D eigenvalue weighted by atomic mass is 16.6. The van der Waals surface area contributed by atoms with Crippen LogP contribution in [0.15, 0.2) is 84.9 Å². The molecule has 4 aromatic carbocycles. The van der Waals surface area contributed by atoms with Crippen molar-refractivity contribution >= 4 is 22.4 Å². The molecule has 0 saturated carbocycles. The molecule has 0 bridgehead atoms. The molecule has 0 radical (unpaired) electrons. The van der Waals surface area contributed by atoms with E-state index in [0.29, 0.717) is 12.1 Å². The molecule has 4 aromatic rings. The van der Waals surface area contributed by atoms with Crippen molar-refractivity contribution in [3.8, 4) is 11.1 Å². The van der Waals surface area contributed by atoms with Gasteiger partial charge in [-0.25, -0.2) is 0 Å². The quantitative estimate of drug-likeness (QED) is 0.231. The Hall–Kier alpha value is -4.03. The fraction of sp³-hybridized carbons (Fsp3) is 0.233. The number of non-ortho nitro benzene ring substituents is 1. The molecule has 5 rings (SSSR count). The molecule has 6 nitrogen and oxygen atoms in total. The second-order valence-corrected chi connectivity index (χ2v) is 9.50. The summed E-state index contributed by atoms with van der Waals surface area (Å²) in [5.74, 6) is -0.0482. The minimum Gasteiger partial charge on any atom is -0.337 e. The summed E-state index contributed by atoms with van der Waals surface area (Å²) in [7, 11) is 1.83. The Bertz CT molecular complexity index is 1390. The van der Waals surface area contributed by atoms with Gasteiger partial charge in [0, 0.05) is 37.8 Å². The topological polar surface area (TPSA) is 66.7 Å². The van der Waals surface area contributed by atoms with Crippen LogP contribution in [0.5, 0.6) is 0 Å². The minimum absolute atomic E-state index is 0.0482. The van der Waals surface area contributed by atoms with Gasteiger partial charge in [0.15, 0.2) is 0 Å². The maximum absolute atomic E-state index is 13.1. The first-order valence-corrected chi connectivity index (χ1v) is 12.3. The van der Waals surface area contributed by atoms with Gasteiger partial charge in [0.2, 0.25) is 0 Å². The van der Waals surface area contributed by atoms with Crippen molar-refractivity contribution < 1.29 is 9.72 Å². The van der Waals surface area contributed by atoms with Crippen LogP contribution in [0, 0.1) is 10.1 Å².